The van der Waals surface area contributed by atoms with E-state index in [0.717, 1.165) is 30.7 Å². The Kier molecular flexibility index (Phi) is 8.21. The van der Waals surface area contributed by atoms with Crippen LogP contribution in [-0.2, 0) is 23.7 Å². The fraction of sp³-hybridized carbons (Fsp3) is 0.548. The molecule has 1 N–H and O–H groups in total. The lowest BCUT2D eigenvalue weighted by Crippen LogP contribution is -2.49. The Morgan fingerprint density at radius 3 is 2.28 bits per heavy atom. The summed E-state index contributed by atoms with van der Waals surface area (Å²) in [6, 6.07) is 6.75. The van der Waals surface area contributed by atoms with Gasteiger partial charge in [-0.25, -0.2) is 4.79 Å². The number of carboxylic acids is 1. The van der Waals surface area contributed by atoms with E-state index < -0.39 is 40.4 Å². The maximum atomic E-state index is 14.0. The number of benzene rings is 2. The molecule has 0 unspecified atom stereocenters. The van der Waals surface area contributed by atoms with Crippen LogP contribution < -0.4 is 4.74 Å². The molecule has 1 aliphatic carbocycles. The Hall–Kier alpha value is -3.28. The molecule has 2 fully saturated rings. The second-order valence-electron chi connectivity index (χ2n) is 12.2. The molecule has 234 valence electrons. The number of rotatable bonds is 5. The highest BCUT2D eigenvalue weighted by molar-refractivity contribution is 5.90. The molecule has 2 atom stereocenters. The summed E-state index contributed by atoms with van der Waals surface area (Å²) in [4.78, 5) is 29.3. The van der Waals surface area contributed by atoms with Gasteiger partial charge in [0, 0.05) is 11.6 Å². The van der Waals surface area contributed by atoms with Crippen LogP contribution in [0.3, 0.4) is 0 Å². The third-order valence-corrected chi connectivity index (χ3v) is 9.56. The average Bonchev–Trinajstić information content (AvgIpc) is 3.42. The van der Waals surface area contributed by atoms with Gasteiger partial charge in [-0.3, -0.25) is 4.79 Å². The van der Waals surface area contributed by atoms with Gasteiger partial charge >= 0.3 is 18.3 Å². The summed E-state index contributed by atoms with van der Waals surface area (Å²) in [5.41, 5.74) is -2.51. The van der Waals surface area contributed by atoms with Crippen molar-refractivity contribution >= 4 is 11.9 Å². The average molecular weight is 613 g/mol. The van der Waals surface area contributed by atoms with E-state index in [4.69, 9.17) is 4.74 Å². The number of nitrogens with zero attached hydrogens (tertiary/aromatic N) is 2. The Morgan fingerprint density at radius 1 is 0.977 bits per heavy atom. The maximum Gasteiger partial charge on any atom is 0.417 e. The molecule has 2 aromatic carbocycles. The first kappa shape index (κ1) is 31.2. The number of halogens is 6. The Morgan fingerprint density at radius 2 is 1.67 bits per heavy atom. The molecule has 1 saturated carbocycles. The molecule has 12 heteroatoms. The molecule has 0 radical (unpaired) electrons. The molecule has 3 aliphatic rings. The highest BCUT2D eigenvalue weighted by atomic mass is 19.4. The minimum atomic E-state index is -4.76. The molecule has 5 rings (SSSR count). The lowest BCUT2D eigenvalue weighted by atomic mass is 9.74. The predicted octanol–water partition coefficient (Wildman–Crippen LogP) is 7.18. The minimum Gasteiger partial charge on any atom is -0.478 e. The lowest BCUT2D eigenvalue weighted by Gasteiger charge is -2.41. The van der Waals surface area contributed by atoms with Gasteiger partial charge in [-0.2, -0.15) is 26.3 Å². The minimum absolute atomic E-state index is 0.0213. The van der Waals surface area contributed by atoms with Crippen LogP contribution in [0.4, 0.5) is 26.3 Å². The molecular weight excluding hydrogens is 578 g/mol. The summed E-state index contributed by atoms with van der Waals surface area (Å²) >= 11 is 0. The predicted molar refractivity (Wildman–Crippen MR) is 144 cm³/mol. The lowest BCUT2D eigenvalue weighted by molar-refractivity contribution is -0.150. The number of hydrogen-bond donors (Lipinski definition) is 1. The van der Waals surface area contributed by atoms with Gasteiger partial charge in [-0.15, -0.1) is 0 Å². The SMILES string of the molecule is CC(C)[C@]1(C(=O)N2COc3ccc(C(F)(F)F)cc3C2)CC[C@@H](N2CCC(c3ccc(C(F)(F)F)c(C(=O)O)c3)CC2)C1. The van der Waals surface area contributed by atoms with Crippen molar-refractivity contribution in [3.8, 4) is 5.75 Å². The Balaban J connectivity index is 1.25. The first-order chi connectivity index (χ1) is 20.1. The smallest absolute Gasteiger partial charge is 0.417 e. The van der Waals surface area contributed by atoms with Gasteiger partial charge in [0.25, 0.3) is 0 Å². The van der Waals surface area contributed by atoms with Crippen LogP contribution in [0.1, 0.15) is 84.5 Å². The topological polar surface area (TPSA) is 70.1 Å². The van der Waals surface area contributed by atoms with Crippen molar-refractivity contribution in [2.45, 2.75) is 76.8 Å². The third-order valence-electron chi connectivity index (χ3n) is 9.56. The van der Waals surface area contributed by atoms with E-state index in [-0.39, 0.29) is 37.1 Å². The van der Waals surface area contributed by atoms with Crippen LogP contribution in [0.5, 0.6) is 5.75 Å². The fourth-order valence-electron chi connectivity index (χ4n) is 7.03. The molecule has 1 amide bonds. The number of piperidine rings is 1. The van der Waals surface area contributed by atoms with Gasteiger partial charge in [0.05, 0.1) is 28.7 Å². The quantitative estimate of drug-likeness (QED) is 0.363. The van der Waals surface area contributed by atoms with Crippen molar-refractivity contribution in [1.82, 2.24) is 9.80 Å². The summed E-state index contributed by atoms with van der Waals surface area (Å²) in [7, 11) is 0. The summed E-state index contributed by atoms with van der Waals surface area (Å²) in [6.07, 6.45) is -6.00. The summed E-state index contributed by atoms with van der Waals surface area (Å²) in [5.74, 6) is -1.51. The van der Waals surface area contributed by atoms with Crippen LogP contribution in [0.15, 0.2) is 36.4 Å². The van der Waals surface area contributed by atoms with Gasteiger partial charge < -0.3 is 19.6 Å². The van der Waals surface area contributed by atoms with E-state index in [2.05, 4.69) is 4.90 Å². The molecule has 0 aromatic heterocycles. The Labute approximate surface area is 245 Å². The van der Waals surface area contributed by atoms with E-state index in [1.165, 1.54) is 17.0 Å². The molecule has 2 aliphatic heterocycles. The third kappa shape index (κ3) is 6.07. The monoisotopic (exact) mass is 612 g/mol. The number of likely N-dealkylation sites (tertiary alicyclic amines) is 1. The van der Waals surface area contributed by atoms with Gasteiger partial charge in [-0.1, -0.05) is 19.9 Å². The molecule has 6 nitrogen and oxygen atoms in total. The Bertz CT molecular complexity index is 1380. The normalized spacial score (nSPS) is 23.7. The number of alkyl halides is 6. The number of aromatic carboxylic acids is 1. The van der Waals surface area contributed by atoms with E-state index in [1.807, 2.05) is 13.8 Å². The standard InChI is InChI=1S/C31H34F6N2O4/c1-18(2)29(28(42)39-16-21-13-22(30(32,33)34)4-6-26(21)43-17-39)10-7-23(15-29)38-11-8-19(9-12-38)20-3-5-25(31(35,36)37)24(14-20)27(40)41/h3-6,13-14,18-19,23H,7-12,15-17H2,1-2H3,(H,40,41)/t23-,29+/m1/s1. The van der Waals surface area contributed by atoms with Gasteiger partial charge in [-0.05, 0) is 92.9 Å². The van der Waals surface area contributed by atoms with E-state index in [0.29, 0.717) is 55.6 Å². The zero-order valence-electron chi connectivity index (χ0n) is 23.9. The van der Waals surface area contributed by atoms with Crippen molar-refractivity contribution in [3.05, 3.63) is 64.2 Å². The molecule has 2 aromatic rings. The first-order valence-corrected chi connectivity index (χ1v) is 14.4. The van der Waals surface area contributed by atoms with Crippen molar-refractivity contribution in [2.24, 2.45) is 11.3 Å². The van der Waals surface area contributed by atoms with Crippen molar-refractivity contribution < 1.29 is 45.8 Å². The van der Waals surface area contributed by atoms with Crippen LogP contribution in [0.2, 0.25) is 0 Å². The highest BCUT2D eigenvalue weighted by Crippen LogP contribution is 2.49. The van der Waals surface area contributed by atoms with Crippen molar-refractivity contribution in [3.63, 3.8) is 0 Å². The second kappa shape index (κ2) is 11.3. The number of carboxylic acid groups (broad SMARTS) is 1. The van der Waals surface area contributed by atoms with Crippen molar-refractivity contribution in [2.75, 3.05) is 19.8 Å². The number of fused-ring (bicyclic) bond motifs is 1. The van der Waals surface area contributed by atoms with E-state index >= 15 is 0 Å². The van der Waals surface area contributed by atoms with Crippen LogP contribution in [-0.4, -0.2) is 52.6 Å². The number of hydrogen-bond acceptors (Lipinski definition) is 4. The molecule has 43 heavy (non-hydrogen) atoms. The summed E-state index contributed by atoms with van der Waals surface area (Å²) in [6.45, 7) is 5.28. The first-order valence-electron chi connectivity index (χ1n) is 14.4. The summed E-state index contributed by atoms with van der Waals surface area (Å²) < 4.78 is 85.4. The fourth-order valence-corrected chi connectivity index (χ4v) is 7.03. The number of ether oxygens (including phenoxy) is 1. The largest absolute Gasteiger partial charge is 0.478 e. The maximum absolute atomic E-state index is 14.0. The zero-order chi connectivity index (χ0) is 31.3. The number of amides is 1. The molecular formula is C31H34F6N2O4. The van der Waals surface area contributed by atoms with Crippen LogP contribution in [0.25, 0.3) is 0 Å². The van der Waals surface area contributed by atoms with E-state index in [1.54, 1.807) is 0 Å². The van der Waals surface area contributed by atoms with Gasteiger partial charge in [0.1, 0.15) is 5.75 Å². The van der Waals surface area contributed by atoms with Gasteiger partial charge in [0.15, 0.2) is 6.73 Å². The van der Waals surface area contributed by atoms with E-state index in [9.17, 15) is 41.0 Å². The molecule has 0 bridgehead atoms. The number of carbonyl (C=O) groups is 2. The summed E-state index contributed by atoms with van der Waals surface area (Å²) in [5, 5.41) is 9.37. The van der Waals surface area contributed by atoms with Crippen LogP contribution in [0, 0.1) is 11.3 Å². The highest BCUT2D eigenvalue weighted by Gasteiger charge is 2.51. The number of carbonyl (C=O) groups excluding carboxylic acids is 1. The molecule has 0 spiro atoms. The van der Waals surface area contributed by atoms with Crippen LogP contribution >= 0.6 is 0 Å². The second-order valence-corrected chi connectivity index (χ2v) is 12.2. The zero-order valence-corrected chi connectivity index (χ0v) is 23.9. The van der Waals surface area contributed by atoms with Crippen molar-refractivity contribution in [1.29, 1.82) is 0 Å². The molecule has 1 saturated heterocycles. The molecule has 2 heterocycles. The van der Waals surface area contributed by atoms with Gasteiger partial charge in [0.2, 0.25) is 5.91 Å².